The molecule has 1 aliphatic carbocycles. The van der Waals surface area contributed by atoms with Gasteiger partial charge in [-0.3, -0.25) is 0 Å². The van der Waals surface area contributed by atoms with Crippen molar-refractivity contribution in [1.82, 2.24) is 5.32 Å². The molecule has 0 amide bonds. The van der Waals surface area contributed by atoms with Crippen molar-refractivity contribution in [1.29, 1.82) is 0 Å². The van der Waals surface area contributed by atoms with Crippen molar-refractivity contribution in [2.75, 3.05) is 13.6 Å². The van der Waals surface area contributed by atoms with E-state index in [-0.39, 0.29) is 17.6 Å². The van der Waals surface area contributed by atoms with Crippen molar-refractivity contribution in [2.24, 2.45) is 17.8 Å². The molecule has 1 saturated carbocycles. The second kappa shape index (κ2) is 6.66. The predicted octanol–water partition coefficient (Wildman–Crippen LogP) is 4.34. The van der Waals surface area contributed by atoms with Gasteiger partial charge in [-0.1, -0.05) is 13.8 Å². The van der Waals surface area contributed by atoms with Gasteiger partial charge >= 0.3 is 0 Å². The molecule has 3 unspecified atom stereocenters. The van der Waals surface area contributed by atoms with Crippen LogP contribution < -0.4 is 5.32 Å². The summed E-state index contributed by atoms with van der Waals surface area (Å²) in [5.74, 6) is 1.13. The van der Waals surface area contributed by atoms with Crippen LogP contribution in [0.4, 0.5) is 8.78 Å². The Bertz CT molecular complexity index is 445. The molecule has 2 rings (SSSR count). The third-order valence-electron chi connectivity index (χ3n) is 4.80. The van der Waals surface area contributed by atoms with Crippen LogP contribution in [0.2, 0.25) is 0 Å². The standard InChI is InChI=1S/C17H25F2N/c1-11(2)12-4-5-13(10-20-3)15(8-12)16-9-14(18)6-7-17(16)19/h6-7,9,11-13,15,20H,4-5,8,10H2,1-3H3. The Morgan fingerprint density at radius 1 is 1.25 bits per heavy atom. The summed E-state index contributed by atoms with van der Waals surface area (Å²) in [4.78, 5) is 0. The fourth-order valence-corrected chi connectivity index (χ4v) is 3.56. The molecule has 1 aliphatic rings. The smallest absolute Gasteiger partial charge is 0.126 e. The average molecular weight is 281 g/mol. The van der Waals surface area contributed by atoms with Crippen LogP contribution in [0.5, 0.6) is 0 Å². The highest BCUT2D eigenvalue weighted by molar-refractivity contribution is 5.24. The molecule has 1 fully saturated rings. The molecule has 0 heterocycles. The van der Waals surface area contributed by atoms with Crippen LogP contribution in [0.1, 0.15) is 44.6 Å². The monoisotopic (exact) mass is 281 g/mol. The van der Waals surface area contributed by atoms with Gasteiger partial charge in [0.05, 0.1) is 0 Å². The van der Waals surface area contributed by atoms with Crippen LogP contribution in [0, 0.1) is 29.4 Å². The zero-order valence-corrected chi connectivity index (χ0v) is 12.6. The molecule has 0 saturated heterocycles. The molecule has 1 nitrogen and oxygen atoms in total. The van der Waals surface area contributed by atoms with Crippen molar-refractivity contribution in [3.8, 4) is 0 Å². The van der Waals surface area contributed by atoms with Crippen LogP contribution in [0.15, 0.2) is 18.2 Å². The third kappa shape index (κ3) is 3.38. The number of halogens is 2. The van der Waals surface area contributed by atoms with Gasteiger partial charge in [-0.25, -0.2) is 8.78 Å². The van der Waals surface area contributed by atoms with Crippen LogP contribution in [0.3, 0.4) is 0 Å². The minimum absolute atomic E-state index is 0.124. The van der Waals surface area contributed by atoms with Crippen LogP contribution in [-0.4, -0.2) is 13.6 Å². The molecule has 1 aromatic carbocycles. The Kier molecular flexibility index (Phi) is 5.14. The number of nitrogens with one attached hydrogen (secondary N) is 1. The van der Waals surface area contributed by atoms with Crippen molar-refractivity contribution in [3.63, 3.8) is 0 Å². The lowest BCUT2D eigenvalue weighted by atomic mass is 9.68. The highest BCUT2D eigenvalue weighted by atomic mass is 19.1. The summed E-state index contributed by atoms with van der Waals surface area (Å²) in [5.41, 5.74) is 0.565. The van der Waals surface area contributed by atoms with Crippen LogP contribution in [0.25, 0.3) is 0 Å². The van der Waals surface area contributed by atoms with Crippen molar-refractivity contribution in [3.05, 3.63) is 35.4 Å². The van der Waals surface area contributed by atoms with Crippen LogP contribution >= 0.6 is 0 Å². The van der Waals surface area contributed by atoms with Gasteiger partial charge in [-0.2, -0.15) is 0 Å². The maximum Gasteiger partial charge on any atom is 0.126 e. The summed E-state index contributed by atoms with van der Waals surface area (Å²) < 4.78 is 27.6. The molecule has 0 aromatic heterocycles. The summed E-state index contributed by atoms with van der Waals surface area (Å²) in [6.07, 6.45) is 3.24. The molecule has 0 spiro atoms. The average Bonchev–Trinajstić information content (AvgIpc) is 2.42. The molecule has 3 atom stereocenters. The van der Waals surface area contributed by atoms with E-state index >= 15 is 0 Å². The van der Waals surface area contributed by atoms with Gasteiger partial charge in [0, 0.05) is 0 Å². The van der Waals surface area contributed by atoms with E-state index in [1.54, 1.807) is 0 Å². The molecular weight excluding hydrogens is 256 g/mol. The summed E-state index contributed by atoms with van der Waals surface area (Å²) in [6, 6.07) is 3.86. The van der Waals surface area contributed by atoms with E-state index in [1.165, 1.54) is 24.6 Å². The second-order valence-corrected chi connectivity index (χ2v) is 6.41. The zero-order chi connectivity index (χ0) is 14.7. The van der Waals surface area contributed by atoms with E-state index < -0.39 is 0 Å². The molecule has 20 heavy (non-hydrogen) atoms. The van der Waals surface area contributed by atoms with Gasteiger partial charge in [0.2, 0.25) is 0 Å². The van der Waals surface area contributed by atoms with E-state index in [2.05, 4.69) is 19.2 Å². The maximum absolute atomic E-state index is 14.1. The minimum atomic E-state index is -0.337. The lowest BCUT2D eigenvalue weighted by Gasteiger charge is -2.38. The highest BCUT2D eigenvalue weighted by Gasteiger charge is 2.33. The Morgan fingerprint density at radius 3 is 2.65 bits per heavy atom. The molecule has 0 aliphatic heterocycles. The SMILES string of the molecule is CNCC1CCC(C(C)C)CC1c1cc(F)ccc1F. The Labute approximate surface area is 120 Å². The predicted molar refractivity (Wildman–Crippen MR) is 78.7 cm³/mol. The second-order valence-electron chi connectivity index (χ2n) is 6.41. The lowest BCUT2D eigenvalue weighted by molar-refractivity contribution is 0.189. The lowest BCUT2D eigenvalue weighted by Crippen LogP contribution is -2.32. The van der Waals surface area contributed by atoms with E-state index in [1.807, 2.05) is 7.05 Å². The van der Waals surface area contributed by atoms with E-state index in [0.29, 0.717) is 23.3 Å². The number of hydrogen-bond donors (Lipinski definition) is 1. The normalized spacial score (nSPS) is 27.0. The van der Waals surface area contributed by atoms with Gasteiger partial charge < -0.3 is 5.32 Å². The van der Waals surface area contributed by atoms with Gasteiger partial charge in [-0.05, 0) is 80.3 Å². The maximum atomic E-state index is 14.1. The van der Waals surface area contributed by atoms with E-state index in [4.69, 9.17) is 0 Å². The van der Waals surface area contributed by atoms with Gasteiger partial charge in [-0.15, -0.1) is 0 Å². The topological polar surface area (TPSA) is 12.0 Å². The summed E-state index contributed by atoms with van der Waals surface area (Å²) in [5, 5.41) is 3.20. The Hall–Kier alpha value is -0.960. The van der Waals surface area contributed by atoms with Crippen molar-refractivity contribution < 1.29 is 8.78 Å². The Morgan fingerprint density at radius 2 is 2.00 bits per heavy atom. The van der Waals surface area contributed by atoms with Gasteiger partial charge in [0.15, 0.2) is 0 Å². The molecular formula is C17H25F2N. The quantitative estimate of drug-likeness (QED) is 0.865. The highest BCUT2D eigenvalue weighted by Crippen LogP contribution is 2.43. The first-order chi connectivity index (χ1) is 9.52. The van der Waals surface area contributed by atoms with Crippen molar-refractivity contribution >= 4 is 0 Å². The number of hydrogen-bond acceptors (Lipinski definition) is 1. The first kappa shape index (κ1) is 15.4. The van der Waals surface area contributed by atoms with E-state index in [0.717, 1.165) is 19.4 Å². The zero-order valence-electron chi connectivity index (χ0n) is 12.6. The molecule has 3 heteroatoms. The van der Waals surface area contributed by atoms with Gasteiger partial charge in [0.25, 0.3) is 0 Å². The first-order valence-electron chi connectivity index (χ1n) is 7.62. The number of benzene rings is 1. The summed E-state index contributed by atoms with van der Waals surface area (Å²) >= 11 is 0. The third-order valence-corrected chi connectivity index (χ3v) is 4.80. The van der Waals surface area contributed by atoms with E-state index in [9.17, 15) is 8.78 Å². The fourth-order valence-electron chi connectivity index (χ4n) is 3.56. The molecule has 1 aromatic rings. The molecule has 1 N–H and O–H groups in total. The largest absolute Gasteiger partial charge is 0.319 e. The summed E-state index contributed by atoms with van der Waals surface area (Å²) in [6.45, 7) is 5.32. The minimum Gasteiger partial charge on any atom is -0.319 e. The number of rotatable bonds is 4. The van der Waals surface area contributed by atoms with Crippen LogP contribution in [-0.2, 0) is 0 Å². The van der Waals surface area contributed by atoms with Gasteiger partial charge in [0.1, 0.15) is 11.6 Å². The Balaban J connectivity index is 2.28. The first-order valence-corrected chi connectivity index (χ1v) is 7.62. The van der Waals surface area contributed by atoms with Crippen molar-refractivity contribution in [2.45, 2.75) is 39.0 Å². The molecule has 0 bridgehead atoms. The molecule has 0 radical (unpaired) electrons. The molecule has 112 valence electrons. The fraction of sp³-hybridized carbons (Fsp3) is 0.647. The summed E-state index contributed by atoms with van der Waals surface area (Å²) in [7, 11) is 1.92.